The molecule has 3 aromatic rings. The highest BCUT2D eigenvalue weighted by atomic mass is 79.9. The number of nitrogens with zero attached hydrogens (tertiary/aromatic N) is 3. The summed E-state index contributed by atoms with van der Waals surface area (Å²) in [5.74, 6) is 0.777. The quantitative estimate of drug-likeness (QED) is 0.622. The smallest absolute Gasteiger partial charge is 0.224 e. The van der Waals surface area contributed by atoms with E-state index in [1.807, 2.05) is 60.5 Å². The zero-order valence-electron chi connectivity index (χ0n) is 10.7. The summed E-state index contributed by atoms with van der Waals surface area (Å²) in [7, 11) is 1.97. The normalized spacial score (nSPS) is 10.8. The standard InChI is InChI=1S/C15H11BrClN3/c1-20(10-6-3-2-4-7-10)14-13-11(16)8-5-9-12(13)18-15(17)19-14/h2-9H,1H3. The van der Waals surface area contributed by atoms with Crippen LogP contribution in [-0.4, -0.2) is 17.0 Å². The molecule has 0 aliphatic carbocycles. The Morgan fingerprint density at radius 1 is 1.00 bits per heavy atom. The van der Waals surface area contributed by atoms with Crippen molar-refractivity contribution >= 4 is 49.9 Å². The fraction of sp³-hybridized carbons (Fsp3) is 0.0667. The zero-order chi connectivity index (χ0) is 14.1. The van der Waals surface area contributed by atoms with Gasteiger partial charge in [-0.25, -0.2) is 4.98 Å². The van der Waals surface area contributed by atoms with E-state index >= 15 is 0 Å². The second-order valence-electron chi connectivity index (χ2n) is 4.34. The fourth-order valence-electron chi connectivity index (χ4n) is 2.11. The molecule has 0 bridgehead atoms. The fourth-order valence-corrected chi connectivity index (χ4v) is 2.82. The summed E-state index contributed by atoms with van der Waals surface area (Å²) in [6, 6.07) is 15.9. The highest BCUT2D eigenvalue weighted by Gasteiger charge is 2.14. The second kappa shape index (κ2) is 5.38. The third-order valence-electron chi connectivity index (χ3n) is 3.09. The van der Waals surface area contributed by atoms with Crippen molar-refractivity contribution in [3.8, 4) is 0 Å². The number of para-hydroxylation sites is 1. The van der Waals surface area contributed by atoms with E-state index in [1.54, 1.807) is 0 Å². The molecule has 3 rings (SSSR count). The molecule has 20 heavy (non-hydrogen) atoms. The summed E-state index contributed by atoms with van der Waals surface area (Å²) in [5, 5.41) is 1.19. The molecule has 0 unspecified atom stereocenters. The molecule has 5 heteroatoms. The van der Waals surface area contributed by atoms with E-state index in [4.69, 9.17) is 11.6 Å². The van der Waals surface area contributed by atoms with Crippen LogP contribution in [0.3, 0.4) is 0 Å². The van der Waals surface area contributed by atoms with Gasteiger partial charge < -0.3 is 4.90 Å². The molecule has 3 nitrogen and oxygen atoms in total. The van der Waals surface area contributed by atoms with Gasteiger partial charge in [-0.15, -0.1) is 0 Å². The number of benzene rings is 2. The Kier molecular flexibility index (Phi) is 3.59. The number of rotatable bonds is 2. The average Bonchev–Trinajstić information content (AvgIpc) is 2.46. The van der Waals surface area contributed by atoms with E-state index in [-0.39, 0.29) is 5.28 Å². The largest absolute Gasteiger partial charge is 0.329 e. The summed E-state index contributed by atoms with van der Waals surface area (Å²) in [6.07, 6.45) is 0. The Labute approximate surface area is 130 Å². The molecule has 0 atom stereocenters. The van der Waals surface area contributed by atoms with Crippen LogP contribution in [0.15, 0.2) is 53.0 Å². The predicted molar refractivity (Wildman–Crippen MR) is 86.8 cm³/mol. The Balaban J connectivity index is 2.25. The molecular weight excluding hydrogens is 338 g/mol. The minimum absolute atomic E-state index is 0.244. The third-order valence-corrected chi connectivity index (χ3v) is 3.92. The van der Waals surface area contributed by atoms with E-state index in [0.717, 1.165) is 26.9 Å². The first-order chi connectivity index (χ1) is 9.66. The van der Waals surface area contributed by atoms with Gasteiger partial charge in [0.25, 0.3) is 0 Å². The van der Waals surface area contributed by atoms with Crippen LogP contribution in [0.4, 0.5) is 11.5 Å². The predicted octanol–water partition coefficient (Wildman–Crippen LogP) is 4.81. The SMILES string of the molecule is CN(c1ccccc1)c1nc(Cl)nc2cccc(Br)c12. The molecule has 0 amide bonds. The van der Waals surface area contributed by atoms with Crippen LogP contribution >= 0.6 is 27.5 Å². The maximum absolute atomic E-state index is 6.04. The first-order valence-electron chi connectivity index (χ1n) is 6.07. The van der Waals surface area contributed by atoms with Crippen molar-refractivity contribution < 1.29 is 0 Å². The molecule has 1 heterocycles. The van der Waals surface area contributed by atoms with Gasteiger partial charge >= 0.3 is 0 Å². The number of hydrogen-bond donors (Lipinski definition) is 0. The number of fused-ring (bicyclic) bond motifs is 1. The minimum Gasteiger partial charge on any atom is -0.329 e. The van der Waals surface area contributed by atoms with Crippen LogP contribution in [0.5, 0.6) is 0 Å². The summed E-state index contributed by atoms with van der Waals surface area (Å²) in [5.41, 5.74) is 1.86. The molecule has 100 valence electrons. The van der Waals surface area contributed by atoms with E-state index in [2.05, 4.69) is 25.9 Å². The van der Waals surface area contributed by atoms with Gasteiger partial charge in [0.05, 0.1) is 10.9 Å². The van der Waals surface area contributed by atoms with Crippen molar-refractivity contribution in [1.29, 1.82) is 0 Å². The molecule has 0 saturated carbocycles. The lowest BCUT2D eigenvalue weighted by atomic mass is 10.2. The molecule has 0 aliphatic heterocycles. The van der Waals surface area contributed by atoms with E-state index in [1.165, 1.54) is 0 Å². The Bertz CT molecular complexity index is 762. The Morgan fingerprint density at radius 3 is 2.50 bits per heavy atom. The van der Waals surface area contributed by atoms with Crippen molar-refractivity contribution in [2.75, 3.05) is 11.9 Å². The maximum Gasteiger partial charge on any atom is 0.224 e. The molecule has 2 aromatic carbocycles. The maximum atomic E-state index is 6.04. The van der Waals surface area contributed by atoms with Crippen LogP contribution in [0.25, 0.3) is 10.9 Å². The van der Waals surface area contributed by atoms with E-state index in [9.17, 15) is 0 Å². The monoisotopic (exact) mass is 347 g/mol. The van der Waals surface area contributed by atoms with Gasteiger partial charge in [0.15, 0.2) is 0 Å². The molecule has 0 fully saturated rings. The van der Waals surface area contributed by atoms with Gasteiger partial charge in [0.2, 0.25) is 5.28 Å². The lowest BCUT2D eigenvalue weighted by Gasteiger charge is -2.20. The van der Waals surface area contributed by atoms with Crippen LogP contribution in [0.1, 0.15) is 0 Å². The highest BCUT2D eigenvalue weighted by Crippen LogP contribution is 2.34. The third kappa shape index (κ3) is 2.37. The van der Waals surface area contributed by atoms with Crippen LogP contribution < -0.4 is 4.90 Å². The first kappa shape index (κ1) is 13.3. The molecule has 0 aliphatic rings. The lowest BCUT2D eigenvalue weighted by Crippen LogP contribution is -2.12. The van der Waals surface area contributed by atoms with Gasteiger partial charge in [-0.3, -0.25) is 0 Å². The van der Waals surface area contributed by atoms with Gasteiger partial charge in [-0.05, 0) is 51.8 Å². The Morgan fingerprint density at radius 2 is 1.75 bits per heavy atom. The van der Waals surface area contributed by atoms with Crippen LogP contribution in [-0.2, 0) is 0 Å². The summed E-state index contributed by atoms with van der Waals surface area (Å²) >= 11 is 9.61. The number of anilines is 2. The zero-order valence-corrected chi connectivity index (χ0v) is 13.1. The Hall–Kier alpha value is -1.65. The molecular formula is C15H11BrClN3. The van der Waals surface area contributed by atoms with Crippen molar-refractivity contribution in [2.24, 2.45) is 0 Å². The minimum atomic E-state index is 0.244. The van der Waals surface area contributed by atoms with Gasteiger partial charge in [0, 0.05) is 17.2 Å². The number of halogens is 2. The second-order valence-corrected chi connectivity index (χ2v) is 5.54. The van der Waals surface area contributed by atoms with Gasteiger partial charge in [0.1, 0.15) is 5.82 Å². The number of hydrogen-bond acceptors (Lipinski definition) is 3. The van der Waals surface area contributed by atoms with Gasteiger partial charge in [-0.2, -0.15) is 4.98 Å². The topological polar surface area (TPSA) is 29.0 Å². The summed E-state index contributed by atoms with van der Waals surface area (Å²) in [6.45, 7) is 0. The molecule has 0 N–H and O–H groups in total. The van der Waals surface area contributed by atoms with E-state index in [0.29, 0.717) is 0 Å². The average molecular weight is 349 g/mol. The molecule has 0 saturated heterocycles. The summed E-state index contributed by atoms with van der Waals surface area (Å²) < 4.78 is 0.949. The molecule has 0 radical (unpaired) electrons. The van der Waals surface area contributed by atoms with Crippen LogP contribution in [0.2, 0.25) is 5.28 Å². The van der Waals surface area contributed by atoms with Crippen molar-refractivity contribution in [3.63, 3.8) is 0 Å². The molecule has 0 spiro atoms. The highest BCUT2D eigenvalue weighted by molar-refractivity contribution is 9.10. The lowest BCUT2D eigenvalue weighted by molar-refractivity contribution is 1.11. The summed E-state index contributed by atoms with van der Waals surface area (Å²) in [4.78, 5) is 10.7. The van der Waals surface area contributed by atoms with E-state index < -0.39 is 0 Å². The molecule has 1 aromatic heterocycles. The van der Waals surface area contributed by atoms with Crippen molar-refractivity contribution in [1.82, 2.24) is 9.97 Å². The number of aromatic nitrogens is 2. The van der Waals surface area contributed by atoms with Crippen LogP contribution in [0, 0.1) is 0 Å². The first-order valence-corrected chi connectivity index (χ1v) is 7.24. The van der Waals surface area contributed by atoms with Gasteiger partial charge in [-0.1, -0.05) is 24.3 Å². The van der Waals surface area contributed by atoms with Crippen molar-refractivity contribution in [3.05, 3.63) is 58.3 Å². The van der Waals surface area contributed by atoms with Crippen molar-refractivity contribution in [2.45, 2.75) is 0 Å².